The number of benzene rings is 3. The molecule has 0 amide bonds. The van der Waals surface area contributed by atoms with Crippen molar-refractivity contribution in [3.63, 3.8) is 0 Å². The van der Waals surface area contributed by atoms with Crippen molar-refractivity contribution in [3.05, 3.63) is 102 Å². The van der Waals surface area contributed by atoms with E-state index in [-0.39, 0.29) is 0 Å². The summed E-state index contributed by atoms with van der Waals surface area (Å²) in [5, 5.41) is 0. The first-order chi connectivity index (χ1) is 16.0. The van der Waals surface area contributed by atoms with E-state index in [1.165, 1.54) is 16.7 Å². The first-order valence-electron chi connectivity index (χ1n) is 10.1. The van der Waals surface area contributed by atoms with Crippen LogP contribution in [0.3, 0.4) is 0 Å². The summed E-state index contributed by atoms with van der Waals surface area (Å²) in [6.45, 7) is 4.24. The Bertz CT molecular complexity index is 1310. The molecule has 0 radical (unpaired) electrons. The summed E-state index contributed by atoms with van der Waals surface area (Å²) in [6, 6.07) is 31.5. The molecule has 4 nitrogen and oxygen atoms in total. The monoisotopic (exact) mass is 486 g/mol. The zero-order valence-corrected chi connectivity index (χ0v) is 19.2. The normalized spacial score (nSPS) is 11.5. The Labute approximate surface area is 196 Å². The summed E-state index contributed by atoms with van der Waals surface area (Å²) in [6.07, 6.45) is 0. The lowest BCUT2D eigenvalue weighted by Gasteiger charge is -2.08. The van der Waals surface area contributed by atoms with Gasteiger partial charge in [0, 0.05) is 5.56 Å². The van der Waals surface area contributed by atoms with E-state index in [4.69, 9.17) is 17.4 Å². The maximum Gasteiger partial charge on any atom is 0.485 e. The van der Waals surface area contributed by atoms with Crippen molar-refractivity contribution in [2.45, 2.75) is 19.4 Å². The second kappa shape index (κ2) is 10.2. The molecule has 34 heavy (non-hydrogen) atoms. The third-order valence-electron chi connectivity index (χ3n) is 4.90. The van der Waals surface area contributed by atoms with Crippen LogP contribution in [-0.2, 0) is 10.1 Å². The van der Waals surface area contributed by atoms with Gasteiger partial charge in [0.1, 0.15) is 0 Å². The van der Waals surface area contributed by atoms with Crippen molar-refractivity contribution in [1.29, 1.82) is 0 Å². The third kappa shape index (κ3) is 6.30. The van der Waals surface area contributed by atoms with E-state index in [1.807, 2.05) is 24.3 Å². The number of rotatable bonds is 3. The van der Waals surface area contributed by atoms with Crippen LogP contribution in [0.2, 0.25) is 0 Å². The first-order valence-corrected chi connectivity index (χ1v) is 11.6. The minimum absolute atomic E-state index is 0.878. The highest BCUT2D eigenvalue weighted by Crippen LogP contribution is 2.34. The van der Waals surface area contributed by atoms with E-state index < -0.39 is 15.6 Å². The number of halogens is 3. The number of alkyl halides is 3. The molecule has 0 aliphatic carbocycles. The van der Waals surface area contributed by atoms with E-state index in [1.54, 1.807) is 0 Å². The zero-order valence-electron chi connectivity index (χ0n) is 18.3. The molecule has 8 heteroatoms. The highest BCUT2D eigenvalue weighted by molar-refractivity contribution is 7.86. The quantitative estimate of drug-likeness (QED) is 0.174. The Morgan fingerprint density at radius 3 is 1.74 bits per heavy atom. The fourth-order valence-corrected chi connectivity index (χ4v) is 3.18. The number of aryl methyl sites for hydroxylation is 2. The molecule has 4 rings (SSSR count). The average molecular weight is 487 g/mol. The molecular weight excluding hydrogens is 465 g/mol. The van der Waals surface area contributed by atoms with Crippen molar-refractivity contribution in [2.24, 2.45) is 0 Å². The molecule has 0 N–H and O–H groups in total. The summed E-state index contributed by atoms with van der Waals surface area (Å²) in [4.78, 5) is 0. The molecule has 0 saturated carbocycles. The minimum atomic E-state index is -6.09. The Hall–Kier alpha value is -3.49. The van der Waals surface area contributed by atoms with Gasteiger partial charge in [-0.3, -0.25) is 0 Å². The second-order valence-corrected chi connectivity index (χ2v) is 8.90. The molecule has 0 saturated heterocycles. The fourth-order valence-electron chi connectivity index (χ4n) is 3.18. The van der Waals surface area contributed by atoms with Gasteiger partial charge in [-0.05, 0) is 43.2 Å². The van der Waals surface area contributed by atoms with Gasteiger partial charge in [-0.2, -0.15) is 13.2 Å². The molecule has 4 aromatic rings. The van der Waals surface area contributed by atoms with Gasteiger partial charge in [0.05, 0.1) is 23.3 Å². The SMILES string of the molecule is Cc1ccc(C)c(-c2cc(-c3ccccc3)cc(-c3ccccc3)[o+]2)c1.O=S(=O)([O-])C(F)(F)F. The van der Waals surface area contributed by atoms with E-state index >= 15 is 0 Å². The van der Waals surface area contributed by atoms with Gasteiger partial charge in [-0.25, -0.2) is 12.8 Å². The Morgan fingerprint density at radius 1 is 0.706 bits per heavy atom. The van der Waals surface area contributed by atoms with E-state index in [2.05, 4.69) is 80.6 Å². The standard InChI is InChI=1S/C25H21O.CHF3O3S/c1-18-13-14-19(2)23(15-18)25-17-22(20-9-5-3-6-10-20)16-24(26-25)21-11-7-4-8-12-21;2-1(3,4)8(5,6)7/h3-17H,1-2H3;(H,5,6,7)/q+1;/p-1. The van der Waals surface area contributed by atoms with Crippen molar-refractivity contribution in [1.82, 2.24) is 0 Å². The summed E-state index contributed by atoms with van der Waals surface area (Å²) in [7, 11) is -6.09. The minimum Gasteiger partial charge on any atom is -0.741 e. The predicted molar refractivity (Wildman–Crippen MR) is 125 cm³/mol. The maximum atomic E-state index is 10.7. The highest BCUT2D eigenvalue weighted by atomic mass is 32.2. The van der Waals surface area contributed by atoms with Gasteiger partial charge in [0.15, 0.2) is 10.1 Å². The number of hydrogen-bond donors (Lipinski definition) is 0. The average Bonchev–Trinajstić information content (AvgIpc) is 2.80. The molecule has 1 aromatic heterocycles. The van der Waals surface area contributed by atoms with Crippen LogP contribution < -0.4 is 0 Å². The van der Waals surface area contributed by atoms with E-state index in [0.29, 0.717) is 0 Å². The van der Waals surface area contributed by atoms with Gasteiger partial charge >= 0.3 is 17.0 Å². The van der Waals surface area contributed by atoms with E-state index in [9.17, 15) is 13.2 Å². The summed E-state index contributed by atoms with van der Waals surface area (Å²) in [5.41, 5.74) is 1.36. The number of hydrogen-bond acceptors (Lipinski definition) is 3. The molecule has 1 heterocycles. The highest BCUT2D eigenvalue weighted by Gasteiger charge is 2.36. The predicted octanol–water partition coefficient (Wildman–Crippen LogP) is 7.23. The molecule has 0 aliphatic heterocycles. The molecule has 0 atom stereocenters. The lowest BCUT2D eigenvalue weighted by molar-refractivity contribution is -0.0517. The van der Waals surface area contributed by atoms with Gasteiger partial charge < -0.3 is 4.55 Å². The fraction of sp³-hybridized carbons (Fsp3) is 0.115. The molecule has 0 unspecified atom stereocenters. The van der Waals surface area contributed by atoms with Gasteiger partial charge in [0.2, 0.25) is 0 Å². The summed E-state index contributed by atoms with van der Waals surface area (Å²) >= 11 is 0. The molecule has 0 fully saturated rings. The summed E-state index contributed by atoms with van der Waals surface area (Å²) < 4.78 is 65.3. The van der Waals surface area contributed by atoms with Crippen LogP contribution in [0, 0.1) is 13.8 Å². The van der Waals surface area contributed by atoms with Crippen molar-refractivity contribution in [2.75, 3.05) is 0 Å². The molecular formula is C26H21F3O4S. The second-order valence-electron chi connectivity index (χ2n) is 7.52. The molecule has 176 valence electrons. The topological polar surface area (TPSA) is 68.5 Å². The lowest BCUT2D eigenvalue weighted by atomic mass is 9.99. The Kier molecular flexibility index (Phi) is 7.54. The first kappa shape index (κ1) is 25.1. The maximum absolute atomic E-state index is 10.7. The van der Waals surface area contributed by atoms with Crippen molar-refractivity contribution in [3.8, 4) is 33.8 Å². The van der Waals surface area contributed by atoms with Crippen LogP contribution in [-0.4, -0.2) is 18.5 Å². The lowest BCUT2D eigenvalue weighted by Crippen LogP contribution is -2.21. The van der Waals surface area contributed by atoms with Crippen molar-refractivity contribution < 1.29 is 30.6 Å². The zero-order chi connectivity index (χ0) is 24.9. The largest absolute Gasteiger partial charge is 0.741 e. The Morgan fingerprint density at radius 2 is 1.21 bits per heavy atom. The van der Waals surface area contributed by atoms with Crippen molar-refractivity contribution >= 4 is 10.1 Å². The van der Waals surface area contributed by atoms with Gasteiger partial charge in [0.25, 0.3) is 0 Å². The van der Waals surface area contributed by atoms with Crippen LogP contribution >= 0.6 is 0 Å². The third-order valence-corrected chi connectivity index (χ3v) is 5.47. The van der Waals surface area contributed by atoms with Crippen LogP contribution in [0.5, 0.6) is 0 Å². The van der Waals surface area contributed by atoms with Crippen LogP contribution in [0.4, 0.5) is 13.2 Å². The molecule has 0 aliphatic rings. The van der Waals surface area contributed by atoms with Crippen LogP contribution in [0.25, 0.3) is 33.8 Å². The molecule has 0 spiro atoms. The van der Waals surface area contributed by atoms with Gasteiger partial charge in [-0.1, -0.05) is 66.2 Å². The molecule has 0 bridgehead atoms. The van der Waals surface area contributed by atoms with Crippen LogP contribution in [0.15, 0.2) is 95.4 Å². The van der Waals surface area contributed by atoms with Crippen LogP contribution in [0.1, 0.15) is 11.1 Å². The van der Waals surface area contributed by atoms with Gasteiger partial charge in [-0.15, -0.1) is 0 Å². The summed E-state index contributed by atoms with van der Waals surface area (Å²) in [5.74, 6) is 1.77. The van der Waals surface area contributed by atoms with E-state index in [0.717, 1.165) is 28.2 Å². The molecule has 3 aromatic carbocycles. The smallest absolute Gasteiger partial charge is 0.485 e. The Balaban J connectivity index is 0.000000350.